The van der Waals surface area contributed by atoms with Gasteiger partial charge in [0.25, 0.3) is 5.56 Å². The van der Waals surface area contributed by atoms with Crippen LogP contribution >= 0.6 is 35.3 Å². The smallest absolute Gasteiger partial charge is 0.273 e. The lowest BCUT2D eigenvalue weighted by molar-refractivity contribution is 0.722. The first-order valence-electron chi connectivity index (χ1n) is 8.82. The van der Waals surface area contributed by atoms with Crippen LogP contribution in [0.1, 0.15) is 16.7 Å². The minimum Gasteiger partial charge on any atom is -0.289 e. The van der Waals surface area contributed by atoms with E-state index in [1.807, 2.05) is 47.9 Å². The topological polar surface area (TPSA) is 39.8 Å². The Morgan fingerprint density at radius 2 is 1.82 bits per heavy atom. The number of nitrogens with zero attached hydrogens (tertiary/aromatic N) is 3. The fraction of sp³-hybridized carbons (Fsp3) is 0.190. The molecule has 4 aromatic rings. The molecule has 0 radical (unpaired) electrons. The van der Waals surface area contributed by atoms with Crippen molar-refractivity contribution in [2.75, 3.05) is 0 Å². The molecule has 2 aromatic carbocycles. The zero-order chi connectivity index (χ0) is 19.8. The lowest BCUT2D eigenvalue weighted by Gasteiger charge is -2.10. The number of aromatic nitrogens is 3. The van der Waals surface area contributed by atoms with E-state index in [0.717, 1.165) is 11.4 Å². The number of rotatable bonds is 4. The van der Waals surface area contributed by atoms with E-state index in [0.29, 0.717) is 19.5 Å². The van der Waals surface area contributed by atoms with Crippen molar-refractivity contribution in [2.45, 2.75) is 24.8 Å². The molecule has 28 heavy (non-hydrogen) atoms. The van der Waals surface area contributed by atoms with Crippen molar-refractivity contribution in [1.82, 2.24) is 14.1 Å². The van der Waals surface area contributed by atoms with Crippen LogP contribution in [0.2, 0.25) is 0 Å². The Bertz CT molecular complexity index is 1280. The third-order valence-corrected chi connectivity index (χ3v) is 7.11. The molecule has 0 bridgehead atoms. The van der Waals surface area contributed by atoms with Gasteiger partial charge in [0.2, 0.25) is 0 Å². The number of thioether (sulfide) groups is 1. The Hall–Kier alpha value is -2.22. The molecule has 0 spiro atoms. The zero-order valence-electron chi connectivity index (χ0n) is 15.8. The van der Waals surface area contributed by atoms with Crippen molar-refractivity contribution in [2.24, 2.45) is 7.05 Å². The Labute approximate surface area is 176 Å². The Balaban J connectivity index is 1.82. The van der Waals surface area contributed by atoms with Gasteiger partial charge in [0.05, 0.1) is 0 Å². The Kier molecular flexibility index (Phi) is 5.23. The van der Waals surface area contributed by atoms with Gasteiger partial charge in [-0.3, -0.25) is 13.9 Å². The van der Waals surface area contributed by atoms with Gasteiger partial charge in [-0.15, -0.1) is 0 Å². The first-order valence-corrected chi connectivity index (χ1v) is 11.0. The van der Waals surface area contributed by atoms with Crippen molar-refractivity contribution in [3.63, 3.8) is 0 Å². The molecule has 4 nitrogen and oxygen atoms in total. The zero-order valence-corrected chi connectivity index (χ0v) is 18.3. The normalized spacial score (nSPS) is 11.2. The molecule has 7 heteroatoms. The minimum absolute atomic E-state index is 0.0563. The second-order valence-corrected chi connectivity index (χ2v) is 9.25. The molecule has 0 N–H and O–H groups in total. The standard InChI is InChI=1S/C21H19N3OS3/c1-13-8-10-16(11-9-13)24-18-17(28-21(24)26)19(25)23(3)20(22-18)27-12-15-7-5-4-6-14(15)2/h4-11H,12H2,1-3H3. The number of fused-ring (bicyclic) bond motifs is 1. The monoisotopic (exact) mass is 425 g/mol. The first-order chi connectivity index (χ1) is 13.5. The SMILES string of the molecule is Cc1ccc(-n2c(=S)sc3c(=O)n(C)c(SCc4ccccc4C)nc32)cc1. The molecule has 0 aliphatic carbocycles. The van der Waals surface area contributed by atoms with Gasteiger partial charge in [-0.2, -0.15) is 0 Å². The number of hydrogen-bond acceptors (Lipinski definition) is 5. The molecule has 4 rings (SSSR count). The van der Waals surface area contributed by atoms with Crippen molar-refractivity contribution < 1.29 is 0 Å². The third kappa shape index (κ3) is 3.45. The molecule has 0 aliphatic rings. The second kappa shape index (κ2) is 7.66. The van der Waals surface area contributed by atoms with E-state index < -0.39 is 0 Å². The van der Waals surface area contributed by atoms with Crippen LogP contribution in [0.3, 0.4) is 0 Å². The van der Waals surface area contributed by atoms with Gasteiger partial charge in [-0.25, -0.2) is 4.98 Å². The lowest BCUT2D eigenvalue weighted by Crippen LogP contribution is -2.19. The van der Waals surface area contributed by atoms with E-state index in [-0.39, 0.29) is 5.56 Å². The maximum Gasteiger partial charge on any atom is 0.273 e. The van der Waals surface area contributed by atoms with E-state index in [2.05, 4.69) is 19.1 Å². The van der Waals surface area contributed by atoms with Crippen molar-refractivity contribution >= 4 is 45.7 Å². The van der Waals surface area contributed by atoms with E-state index in [1.54, 1.807) is 23.4 Å². The Morgan fingerprint density at radius 1 is 1.11 bits per heavy atom. The lowest BCUT2D eigenvalue weighted by atomic mass is 10.1. The quantitative estimate of drug-likeness (QED) is 0.248. The highest BCUT2D eigenvalue weighted by Gasteiger charge is 2.16. The summed E-state index contributed by atoms with van der Waals surface area (Å²) < 4.78 is 4.74. The van der Waals surface area contributed by atoms with Crippen LogP contribution in [0.25, 0.3) is 16.0 Å². The molecule has 0 aliphatic heterocycles. The molecule has 142 valence electrons. The van der Waals surface area contributed by atoms with Crippen LogP contribution in [0, 0.1) is 17.8 Å². The fourth-order valence-electron chi connectivity index (χ4n) is 2.98. The Morgan fingerprint density at radius 3 is 2.54 bits per heavy atom. The first kappa shape index (κ1) is 19.1. The van der Waals surface area contributed by atoms with E-state index in [4.69, 9.17) is 17.2 Å². The summed E-state index contributed by atoms with van der Waals surface area (Å²) >= 11 is 8.44. The second-order valence-electron chi connectivity index (χ2n) is 6.67. The summed E-state index contributed by atoms with van der Waals surface area (Å²) in [6, 6.07) is 16.4. The average Bonchev–Trinajstić information content (AvgIpc) is 3.01. The third-order valence-electron chi connectivity index (χ3n) is 4.68. The number of aryl methyl sites for hydroxylation is 2. The minimum atomic E-state index is -0.0563. The van der Waals surface area contributed by atoms with Crippen LogP contribution in [0.15, 0.2) is 58.5 Å². The molecule has 0 fully saturated rings. The highest BCUT2D eigenvalue weighted by molar-refractivity contribution is 7.98. The maximum atomic E-state index is 12.9. The van der Waals surface area contributed by atoms with E-state index >= 15 is 0 Å². The number of hydrogen-bond donors (Lipinski definition) is 0. The molecule has 0 atom stereocenters. The molecule has 0 amide bonds. The van der Waals surface area contributed by atoms with E-state index in [1.165, 1.54) is 28.0 Å². The molecule has 2 heterocycles. The van der Waals surface area contributed by atoms with Crippen molar-refractivity contribution in [3.8, 4) is 5.69 Å². The summed E-state index contributed by atoms with van der Waals surface area (Å²) in [6.45, 7) is 4.14. The van der Waals surface area contributed by atoms with Crippen LogP contribution in [-0.4, -0.2) is 14.1 Å². The van der Waals surface area contributed by atoms with Crippen LogP contribution < -0.4 is 5.56 Å². The van der Waals surface area contributed by atoms with Crippen LogP contribution in [0.4, 0.5) is 0 Å². The predicted octanol–water partition coefficient (Wildman–Crippen LogP) is 5.42. The molecule has 0 saturated heterocycles. The maximum absolute atomic E-state index is 12.9. The summed E-state index contributed by atoms with van der Waals surface area (Å²) in [5.74, 6) is 0.758. The van der Waals surface area contributed by atoms with Gasteiger partial charge in [0, 0.05) is 18.5 Å². The van der Waals surface area contributed by atoms with Gasteiger partial charge in [-0.05, 0) is 49.3 Å². The molecular formula is C21H19N3OS3. The molecule has 0 unspecified atom stereocenters. The fourth-order valence-corrected chi connectivity index (χ4v) is 5.36. The summed E-state index contributed by atoms with van der Waals surface area (Å²) in [6.07, 6.45) is 0. The van der Waals surface area contributed by atoms with Crippen molar-refractivity contribution in [3.05, 3.63) is 79.5 Å². The summed E-state index contributed by atoms with van der Waals surface area (Å²) in [4.78, 5) is 17.8. The van der Waals surface area contributed by atoms with Crippen LogP contribution in [-0.2, 0) is 12.8 Å². The van der Waals surface area contributed by atoms with Gasteiger partial charge in [-0.1, -0.05) is 65.1 Å². The van der Waals surface area contributed by atoms with Crippen molar-refractivity contribution in [1.29, 1.82) is 0 Å². The van der Waals surface area contributed by atoms with Gasteiger partial charge in [0.1, 0.15) is 4.70 Å². The highest BCUT2D eigenvalue weighted by Crippen LogP contribution is 2.27. The van der Waals surface area contributed by atoms with Gasteiger partial charge >= 0.3 is 0 Å². The summed E-state index contributed by atoms with van der Waals surface area (Å²) in [5, 5.41) is 0.689. The van der Waals surface area contributed by atoms with Crippen LogP contribution in [0.5, 0.6) is 0 Å². The van der Waals surface area contributed by atoms with Gasteiger partial charge < -0.3 is 0 Å². The largest absolute Gasteiger partial charge is 0.289 e. The van der Waals surface area contributed by atoms with Gasteiger partial charge in [0.15, 0.2) is 14.8 Å². The molecular weight excluding hydrogens is 406 g/mol. The molecule has 0 saturated carbocycles. The summed E-state index contributed by atoms with van der Waals surface area (Å²) in [5.41, 5.74) is 5.15. The van der Waals surface area contributed by atoms with E-state index in [9.17, 15) is 4.79 Å². The number of benzene rings is 2. The number of thiazole rings is 1. The average molecular weight is 426 g/mol. The highest BCUT2D eigenvalue weighted by atomic mass is 32.2. The molecule has 2 aromatic heterocycles. The predicted molar refractivity (Wildman–Crippen MR) is 120 cm³/mol. The summed E-state index contributed by atoms with van der Waals surface area (Å²) in [7, 11) is 1.77.